The van der Waals surface area contributed by atoms with Gasteiger partial charge in [-0.3, -0.25) is 9.59 Å². The summed E-state index contributed by atoms with van der Waals surface area (Å²) in [6.07, 6.45) is 1.29. The highest BCUT2D eigenvalue weighted by Gasteiger charge is 2.37. The Bertz CT molecular complexity index is 1800. The Balaban J connectivity index is 1.34. The number of amides is 2. The van der Waals surface area contributed by atoms with Gasteiger partial charge in [-0.1, -0.05) is 0 Å². The van der Waals surface area contributed by atoms with Crippen LogP contribution in [0, 0.1) is 29.1 Å². The van der Waals surface area contributed by atoms with Gasteiger partial charge in [-0.15, -0.1) is 0 Å². The average Bonchev–Trinajstić information content (AvgIpc) is 3.80. The summed E-state index contributed by atoms with van der Waals surface area (Å²) in [5, 5.41) is 12.4. The Morgan fingerprint density at radius 2 is 1.32 bits per heavy atom. The molecule has 4 heterocycles. The number of aromatic nitrogens is 1. The molecule has 4 aromatic rings. The number of carbonyl (C=O) groups is 2. The van der Waals surface area contributed by atoms with E-state index in [-0.39, 0.29) is 29.6 Å². The summed E-state index contributed by atoms with van der Waals surface area (Å²) in [4.78, 5) is 25.4. The third-order valence-electron chi connectivity index (χ3n) is 8.35. The van der Waals surface area contributed by atoms with Crippen molar-refractivity contribution < 1.29 is 36.3 Å². The molecular formula is C31H26F5N5O3. The van der Waals surface area contributed by atoms with Gasteiger partial charge in [-0.2, -0.15) is 0 Å². The van der Waals surface area contributed by atoms with Gasteiger partial charge in [0.2, 0.25) is 23.9 Å². The fourth-order valence-corrected chi connectivity index (χ4v) is 6.16. The fraction of sp³-hybridized carbons (Fsp3) is 0.290. The topological polar surface area (TPSA) is 96.4 Å². The van der Waals surface area contributed by atoms with E-state index in [1.54, 1.807) is 36.4 Å². The smallest absolute Gasteiger partial charge is 0.241 e. The summed E-state index contributed by atoms with van der Waals surface area (Å²) >= 11 is 0. The first-order valence-corrected chi connectivity index (χ1v) is 14.3. The minimum atomic E-state index is -2.28. The van der Waals surface area contributed by atoms with Crippen molar-refractivity contribution in [3.63, 3.8) is 0 Å². The maximum atomic E-state index is 15.2. The molecule has 7 rings (SSSR count). The van der Waals surface area contributed by atoms with E-state index in [4.69, 9.17) is 4.74 Å². The van der Waals surface area contributed by atoms with Crippen molar-refractivity contribution >= 4 is 34.1 Å². The van der Waals surface area contributed by atoms with Crippen LogP contribution in [0.15, 0.2) is 42.5 Å². The summed E-state index contributed by atoms with van der Waals surface area (Å²) in [7, 11) is 0. The number of nitrogens with zero attached hydrogens (tertiary/aromatic N) is 1. The van der Waals surface area contributed by atoms with Crippen LogP contribution in [0.2, 0.25) is 0 Å². The SMILES string of the molecule is O=C(Nc1ccc2c(c1)O[C@@H](c1c(F)c(F)c(F)c(F)c1F)n1c-2cc2cc(NC(=O)[C@@H]3CCCN3)ccc21)[C@@H]1CCCN1. The quantitative estimate of drug-likeness (QED) is 0.139. The molecule has 228 valence electrons. The van der Waals surface area contributed by atoms with Gasteiger partial charge < -0.3 is 30.6 Å². The van der Waals surface area contributed by atoms with Crippen LogP contribution in [0.1, 0.15) is 37.5 Å². The van der Waals surface area contributed by atoms with Gasteiger partial charge >= 0.3 is 0 Å². The Labute approximate surface area is 247 Å². The number of nitrogens with one attached hydrogen (secondary N) is 4. The zero-order valence-corrected chi connectivity index (χ0v) is 23.1. The van der Waals surface area contributed by atoms with Crippen LogP contribution in [0.25, 0.3) is 22.2 Å². The van der Waals surface area contributed by atoms with Crippen LogP contribution < -0.4 is 26.0 Å². The number of hydrogen-bond donors (Lipinski definition) is 4. The van der Waals surface area contributed by atoms with Gasteiger partial charge in [0.1, 0.15) is 5.75 Å². The molecule has 3 aliphatic heterocycles. The molecule has 0 radical (unpaired) electrons. The number of halogens is 5. The highest BCUT2D eigenvalue weighted by atomic mass is 19.2. The zero-order valence-electron chi connectivity index (χ0n) is 23.1. The molecule has 3 aromatic carbocycles. The molecule has 3 aliphatic rings. The second-order valence-electron chi connectivity index (χ2n) is 11.1. The summed E-state index contributed by atoms with van der Waals surface area (Å²) < 4.78 is 80.6. The maximum Gasteiger partial charge on any atom is 0.241 e. The molecule has 2 saturated heterocycles. The van der Waals surface area contributed by atoms with E-state index in [0.29, 0.717) is 52.9 Å². The Hall–Kier alpha value is -4.49. The van der Waals surface area contributed by atoms with E-state index in [2.05, 4.69) is 21.3 Å². The van der Waals surface area contributed by atoms with Crippen molar-refractivity contribution in [2.24, 2.45) is 0 Å². The minimum Gasteiger partial charge on any atom is -0.465 e. The number of fused-ring (bicyclic) bond motifs is 5. The van der Waals surface area contributed by atoms with Crippen molar-refractivity contribution in [3.8, 4) is 17.0 Å². The number of anilines is 2. The number of ether oxygens (including phenoxy) is 1. The summed E-state index contributed by atoms with van der Waals surface area (Å²) in [6, 6.07) is 10.5. The molecule has 44 heavy (non-hydrogen) atoms. The molecule has 2 fully saturated rings. The van der Waals surface area contributed by atoms with Gasteiger partial charge in [0.05, 0.1) is 28.9 Å². The zero-order chi connectivity index (χ0) is 30.7. The molecule has 0 unspecified atom stereocenters. The van der Waals surface area contributed by atoms with Gasteiger partial charge in [-0.25, -0.2) is 22.0 Å². The molecule has 4 N–H and O–H groups in total. The molecule has 0 saturated carbocycles. The molecular weight excluding hydrogens is 585 g/mol. The van der Waals surface area contributed by atoms with Crippen molar-refractivity contribution in [2.75, 3.05) is 23.7 Å². The molecule has 3 atom stereocenters. The lowest BCUT2D eigenvalue weighted by Gasteiger charge is -2.31. The lowest BCUT2D eigenvalue weighted by molar-refractivity contribution is -0.118. The molecule has 0 bridgehead atoms. The van der Waals surface area contributed by atoms with E-state index in [1.165, 1.54) is 10.6 Å². The van der Waals surface area contributed by atoms with Gasteiger partial charge in [0.25, 0.3) is 0 Å². The van der Waals surface area contributed by atoms with Crippen molar-refractivity contribution in [1.82, 2.24) is 15.2 Å². The van der Waals surface area contributed by atoms with Crippen molar-refractivity contribution in [1.29, 1.82) is 0 Å². The average molecular weight is 612 g/mol. The Morgan fingerprint density at radius 1 is 0.750 bits per heavy atom. The summed E-state index contributed by atoms with van der Waals surface area (Å²) in [5.41, 5.74) is 0.812. The largest absolute Gasteiger partial charge is 0.465 e. The van der Waals surface area contributed by atoms with E-state index in [0.717, 1.165) is 19.4 Å². The van der Waals surface area contributed by atoms with Crippen LogP contribution >= 0.6 is 0 Å². The summed E-state index contributed by atoms with van der Waals surface area (Å²) in [6.45, 7) is 1.45. The highest BCUT2D eigenvalue weighted by Crippen LogP contribution is 2.46. The minimum absolute atomic E-state index is 0.0623. The predicted molar refractivity (Wildman–Crippen MR) is 152 cm³/mol. The van der Waals surface area contributed by atoms with Crippen LogP contribution in [-0.2, 0) is 9.59 Å². The maximum absolute atomic E-state index is 15.2. The van der Waals surface area contributed by atoms with E-state index in [9.17, 15) is 22.8 Å². The fourth-order valence-electron chi connectivity index (χ4n) is 6.16. The monoisotopic (exact) mass is 611 g/mol. The first-order valence-electron chi connectivity index (χ1n) is 14.3. The van der Waals surface area contributed by atoms with Crippen molar-refractivity contribution in [2.45, 2.75) is 44.0 Å². The molecule has 13 heteroatoms. The second-order valence-corrected chi connectivity index (χ2v) is 11.1. The number of benzene rings is 3. The van der Waals surface area contributed by atoms with Gasteiger partial charge in [0, 0.05) is 28.4 Å². The van der Waals surface area contributed by atoms with Crippen molar-refractivity contribution in [3.05, 3.63) is 77.1 Å². The second kappa shape index (κ2) is 10.9. The third kappa shape index (κ3) is 4.67. The standard InChI is InChI=1S/C31H26F5N5O3/c32-24-23(25(33)27(35)28(36)26(24)34)31-41-20-8-6-15(39-29(42)18-3-1-9-37-18)11-14(20)12-21(41)17-7-5-16(13-22(17)44-31)40-30(43)19-4-2-10-38-19/h5-8,11-13,18-19,31,37-38H,1-4,9-10H2,(H,39,42)(H,40,43)/t18-,19-,31-/m0/s1. The van der Waals surface area contributed by atoms with Crippen LogP contribution in [-0.4, -0.2) is 41.6 Å². The first kappa shape index (κ1) is 28.3. The molecule has 0 spiro atoms. The van der Waals surface area contributed by atoms with Gasteiger partial charge in [0.15, 0.2) is 23.3 Å². The van der Waals surface area contributed by atoms with Gasteiger partial charge in [-0.05, 0) is 75.2 Å². The van der Waals surface area contributed by atoms with E-state index in [1.807, 2.05) is 0 Å². The number of carbonyl (C=O) groups excluding carboxylic acids is 2. The third-order valence-corrected chi connectivity index (χ3v) is 8.35. The predicted octanol–water partition coefficient (Wildman–Crippen LogP) is 5.32. The Kier molecular flexibility index (Phi) is 7.01. The number of rotatable bonds is 5. The summed E-state index contributed by atoms with van der Waals surface area (Å²) in [5.74, 6) is -10.9. The van der Waals surface area contributed by atoms with E-state index < -0.39 is 40.9 Å². The van der Waals surface area contributed by atoms with Crippen LogP contribution in [0.3, 0.4) is 0 Å². The van der Waals surface area contributed by atoms with Crippen LogP contribution in [0.4, 0.5) is 33.3 Å². The lowest BCUT2D eigenvalue weighted by atomic mass is 10.0. The molecule has 0 aliphatic carbocycles. The normalized spacial score (nSPS) is 20.7. The molecule has 2 amide bonds. The van der Waals surface area contributed by atoms with E-state index >= 15 is 8.78 Å². The molecule has 1 aromatic heterocycles. The lowest BCUT2D eigenvalue weighted by Crippen LogP contribution is -2.35. The first-order chi connectivity index (χ1) is 21.2. The Morgan fingerprint density at radius 3 is 1.91 bits per heavy atom. The number of hydrogen-bond acceptors (Lipinski definition) is 5. The molecule has 8 nitrogen and oxygen atoms in total. The van der Waals surface area contributed by atoms with Crippen LogP contribution in [0.5, 0.6) is 5.75 Å². The highest BCUT2D eigenvalue weighted by molar-refractivity contribution is 5.99.